The van der Waals surface area contributed by atoms with Crippen molar-refractivity contribution in [1.82, 2.24) is 0 Å². The van der Waals surface area contributed by atoms with Gasteiger partial charge >= 0.3 is 5.97 Å². The first-order valence-electron chi connectivity index (χ1n) is 31.6. The summed E-state index contributed by atoms with van der Waals surface area (Å²) in [7, 11) is 0. The van der Waals surface area contributed by atoms with Gasteiger partial charge in [-0.2, -0.15) is 0 Å². The van der Waals surface area contributed by atoms with Gasteiger partial charge in [0.25, 0.3) is 0 Å². The molecule has 0 radical (unpaired) electrons. The van der Waals surface area contributed by atoms with Gasteiger partial charge in [-0.05, 0) is 51.4 Å². The zero-order valence-corrected chi connectivity index (χ0v) is 48.7. The van der Waals surface area contributed by atoms with Crippen LogP contribution >= 0.6 is 0 Å². The van der Waals surface area contributed by atoms with Gasteiger partial charge in [0.05, 0.1) is 26.4 Å². The van der Waals surface area contributed by atoms with Gasteiger partial charge in [-0.1, -0.05) is 237 Å². The van der Waals surface area contributed by atoms with E-state index in [0.29, 0.717) is 13.0 Å². The maximum atomic E-state index is 13.1. The molecular weight excluding hydrogens is 981 g/mol. The largest absolute Gasteiger partial charge is 0.457 e. The maximum absolute atomic E-state index is 13.1. The second kappa shape index (κ2) is 50.0. The van der Waals surface area contributed by atoms with Crippen LogP contribution in [0, 0.1) is 0 Å². The van der Waals surface area contributed by atoms with Gasteiger partial charge in [0.15, 0.2) is 12.6 Å². The molecule has 77 heavy (non-hydrogen) atoms. The molecule has 7 N–H and O–H groups in total. The van der Waals surface area contributed by atoms with Crippen LogP contribution in [0.4, 0.5) is 0 Å². The lowest BCUT2D eigenvalue weighted by atomic mass is 9.98. The predicted molar refractivity (Wildman–Crippen MR) is 307 cm³/mol. The van der Waals surface area contributed by atoms with E-state index in [1.807, 2.05) is 0 Å². The molecular formula is C63H116O14. The van der Waals surface area contributed by atoms with Crippen molar-refractivity contribution in [2.24, 2.45) is 0 Å². The van der Waals surface area contributed by atoms with Crippen LogP contribution in [0.15, 0.2) is 36.5 Å². The first kappa shape index (κ1) is 71.3. The molecule has 2 saturated heterocycles. The molecule has 0 aromatic heterocycles. The number of unbranched alkanes of at least 4 members (excludes halogenated alkanes) is 32. The third kappa shape index (κ3) is 36.3. The lowest BCUT2D eigenvalue weighted by molar-refractivity contribution is -0.332. The molecule has 11 unspecified atom stereocenters. The smallest absolute Gasteiger partial charge is 0.306 e. The Morgan fingerprint density at radius 3 is 1.26 bits per heavy atom. The summed E-state index contributed by atoms with van der Waals surface area (Å²) >= 11 is 0. The molecule has 0 bridgehead atoms. The number of aliphatic hydroxyl groups excluding tert-OH is 7. The third-order valence-corrected chi connectivity index (χ3v) is 15.2. The molecule has 0 aliphatic carbocycles. The topological polar surface area (TPSA) is 214 Å². The van der Waals surface area contributed by atoms with Crippen LogP contribution in [0.1, 0.15) is 258 Å². The van der Waals surface area contributed by atoms with Crippen LogP contribution in [0.3, 0.4) is 0 Å². The van der Waals surface area contributed by atoms with Crippen molar-refractivity contribution < 1.29 is 69.0 Å². The van der Waals surface area contributed by atoms with Crippen molar-refractivity contribution >= 4 is 5.97 Å². The molecule has 0 spiro atoms. The van der Waals surface area contributed by atoms with Crippen molar-refractivity contribution in [2.75, 3.05) is 33.0 Å². The highest BCUT2D eigenvalue weighted by molar-refractivity contribution is 5.69. The summed E-state index contributed by atoms with van der Waals surface area (Å²) in [4.78, 5) is 13.1. The number of ether oxygens (including phenoxy) is 6. The quantitative estimate of drug-likeness (QED) is 0.0172. The van der Waals surface area contributed by atoms with Crippen LogP contribution in [-0.2, 0) is 33.2 Å². The highest BCUT2D eigenvalue weighted by atomic mass is 16.7. The zero-order chi connectivity index (χ0) is 55.8. The molecule has 0 amide bonds. The van der Waals surface area contributed by atoms with E-state index in [1.54, 1.807) is 0 Å². The van der Waals surface area contributed by atoms with E-state index >= 15 is 0 Å². The normalized spacial score (nSPS) is 24.5. The second-order valence-corrected chi connectivity index (χ2v) is 22.2. The Morgan fingerprint density at radius 1 is 0.429 bits per heavy atom. The minimum absolute atomic E-state index is 0.0595. The summed E-state index contributed by atoms with van der Waals surface area (Å²) in [6.45, 7) is 3.71. The first-order valence-corrected chi connectivity index (χ1v) is 31.6. The minimum Gasteiger partial charge on any atom is -0.457 e. The second-order valence-electron chi connectivity index (χ2n) is 22.2. The first-order chi connectivity index (χ1) is 37.6. The summed E-state index contributed by atoms with van der Waals surface area (Å²) < 4.78 is 34.5. The summed E-state index contributed by atoms with van der Waals surface area (Å²) in [5, 5.41) is 72.5. The Hall–Kier alpha value is -1.79. The van der Waals surface area contributed by atoms with Crippen molar-refractivity contribution in [1.29, 1.82) is 0 Å². The number of hydrogen-bond donors (Lipinski definition) is 7. The van der Waals surface area contributed by atoms with E-state index in [-0.39, 0.29) is 25.6 Å². The molecule has 2 aliphatic rings. The lowest BCUT2D eigenvalue weighted by Gasteiger charge is -2.42. The SMILES string of the molecule is CCCCCCC/C=C\C/C=C\C/C=C\CCCCCCCCC(=O)OC(COCCCCCCCCCCCCCCCCCCCCCCCC)COC1OC(COC2OC(CO)C(O)C(O)C2O)C(O)C(O)C1O. The number of aliphatic hydroxyl groups is 7. The van der Waals surface area contributed by atoms with E-state index in [0.717, 1.165) is 70.6 Å². The van der Waals surface area contributed by atoms with Crippen LogP contribution in [0.2, 0.25) is 0 Å². The number of esters is 1. The highest BCUT2D eigenvalue weighted by Gasteiger charge is 2.47. The Kier molecular flexibility index (Phi) is 46.3. The Balaban J connectivity index is 1.69. The number of allylic oxidation sites excluding steroid dienone is 6. The van der Waals surface area contributed by atoms with E-state index < -0.39 is 80.7 Å². The van der Waals surface area contributed by atoms with Gasteiger partial charge in [0, 0.05) is 13.0 Å². The standard InChI is InChI=1S/C63H116O14/c1-3-5-7-9-11-13-15-17-19-21-23-25-27-29-31-33-35-37-39-41-43-45-47-72-49-52(50-73-62-61(71)59(69)57(67)54(77-62)51-74-63-60(70)58(68)56(66)53(48-64)76-63)75-55(65)46-44-42-40-38-36-34-32-30-28-26-24-22-20-18-16-14-12-10-8-6-4-2/h16,18,22,24,28,30,52-54,56-64,66-71H,3-15,17,19-21,23,25-27,29,31-51H2,1-2H3/b18-16-,24-22-,30-28-. The van der Waals surface area contributed by atoms with Gasteiger partial charge in [-0.15, -0.1) is 0 Å². The lowest BCUT2D eigenvalue weighted by Crippen LogP contribution is -2.61. The predicted octanol–water partition coefficient (Wildman–Crippen LogP) is 12.1. The summed E-state index contributed by atoms with van der Waals surface area (Å²) in [6.07, 6.45) is 43.5. The van der Waals surface area contributed by atoms with Crippen LogP contribution in [-0.4, -0.2) is 142 Å². The van der Waals surface area contributed by atoms with Gasteiger partial charge in [0.1, 0.15) is 54.9 Å². The molecule has 452 valence electrons. The molecule has 0 aromatic carbocycles. The van der Waals surface area contributed by atoms with Crippen LogP contribution < -0.4 is 0 Å². The number of carbonyl (C=O) groups is 1. The monoisotopic (exact) mass is 1100 g/mol. The summed E-state index contributed by atoms with van der Waals surface area (Å²) in [5.74, 6) is -0.383. The van der Waals surface area contributed by atoms with E-state index in [1.165, 1.54) is 161 Å². The molecule has 11 atom stereocenters. The Labute approximate surface area is 468 Å². The summed E-state index contributed by atoms with van der Waals surface area (Å²) in [5.41, 5.74) is 0. The molecule has 2 fully saturated rings. The maximum Gasteiger partial charge on any atom is 0.306 e. The number of hydrogen-bond acceptors (Lipinski definition) is 14. The average molecular weight is 1100 g/mol. The average Bonchev–Trinajstić information content (AvgIpc) is 3.43. The number of carbonyl (C=O) groups excluding carboxylic acids is 1. The van der Waals surface area contributed by atoms with Gasteiger partial charge in [-0.25, -0.2) is 0 Å². The molecule has 2 aliphatic heterocycles. The van der Waals surface area contributed by atoms with E-state index in [4.69, 9.17) is 28.4 Å². The third-order valence-electron chi connectivity index (χ3n) is 15.2. The van der Waals surface area contributed by atoms with E-state index in [2.05, 4.69) is 50.3 Å². The molecule has 14 heteroatoms. The number of rotatable bonds is 52. The van der Waals surface area contributed by atoms with Gasteiger partial charge in [-0.3, -0.25) is 4.79 Å². The van der Waals surface area contributed by atoms with Gasteiger partial charge < -0.3 is 64.2 Å². The minimum atomic E-state index is -1.71. The molecule has 0 aromatic rings. The Bertz CT molecular complexity index is 1410. The fourth-order valence-corrected chi connectivity index (χ4v) is 10.1. The molecule has 14 nitrogen and oxygen atoms in total. The van der Waals surface area contributed by atoms with Crippen molar-refractivity contribution in [3.8, 4) is 0 Å². The van der Waals surface area contributed by atoms with Crippen molar-refractivity contribution in [2.45, 2.75) is 325 Å². The van der Waals surface area contributed by atoms with E-state index in [9.17, 15) is 40.5 Å². The fourth-order valence-electron chi connectivity index (χ4n) is 10.1. The molecule has 0 saturated carbocycles. The highest BCUT2D eigenvalue weighted by Crippen LogP contribution is 2.27. The molecule has 2 heterocycles. The van der Waals surface area contributed by atoms with Crippen molar-refractivity contribution in [3.05, 3.63) is 36.5 Å². The van der Waals surface area contributed by atoms with Crippen LogP contribution in [0.25, 0.3) is 0 Å². The molecule has 2 rings (SSSR count). The van der Waals surface area contributed by atoms with Crippen molar-refractivity contribution in [3.63, 3.8) is 0 Å². The van der Waals surface area contributed by atoms with Gasteiger partial charge in [0.2, 0.25) is 0 Å². The fraction of sp³-hybridized carbons (Fsp3) is 0.889. The summed E-state index contributed by atoms with van der Waals surface area (Å²) in [6, 6.07) is 0. The zero-order valence-electron chi connectivity index (χ0n) is 48.7. The Morgan fingerprint density at radius 2 is 0.805 bits per heavy atom. The van der Waals surface area contributed by atoms with Crippen LogP contribution in [0.5, 0.6) is 0 Å².